The minimum absolute atomic E-state index is 0.0619. The van der Waals surface area contributed by atoms with Crippen molar-refractivity contribution in [1.29, 1.82) is 0 Å². The Labute approximate surface area is 431 Å². The summed E-state index contributed by atoms with van der Waals surface area (Å²) in [6.07, 6.45) is 61.0. The quantitative estimate of drug-likeness (QED) is 0.0343. The Kier molecular flexibility index (Phi) is 54.4. The van der Waals surface area contributed by atoms with Crippen LogP contribution < -0.4 is 0 Å². The van der Waals surface area contributed by atoms with Crippen LogP contribution in [0.5, 0.6) is 0 Å². The van der Waals surface area contributed by atoms with Gasteiger partial charge in [0.25, 0.3) is 0 Å². The van der Waals surface area contributed by atoms with Crippen molar-refractivity contribution in [2.75, 3.05) is 13.2 Å². The first kappa shape index (κ1) is 67.4. The summed E-state index contributed by atoms with van der Waals surface area (Å²) < 4.78 is 16.9. The van der Waals surface area contributed by atoms with Gasteiger partial charge in [-0.25, -0.2) is 0 Å². The van der Waals surface area contributed by atoms with Crippen LogP contribution in [0.2, 0.25) is 0 Å². The highest BCUT2D eigenvalue weighted by atomic mass is 16.6. The normalized spacial score (nSPS) is 12.0. The van der Waals surface area contributed by atoms with Crippen molar-refractivity contribution in [3.8, 4) is 0 Å². The molecule has 6 heteroatoms. The molecular formula is C63H122O6. The Morgan fingerprint density at radius 1 is 0.275 bits per heavy atom. The van der Waals surface area contributed by atoms with Crippen molar-refractivity contribution in [3.63, 3.8) is 0 Å². The maximum absolute atomic E-state index is 12.9. The van der Waals surface area contributed by atoms with Crippen molar-refractivity contribution < 1.29 is 28.6 Å². The van der Waals surface area contributed by atoms with Crippen LogP contribution in [0.1, 0.15) is 356 Å². The number of hydrogen-bond donors (Lipinski definition) is 0. The van der Waals surface area contributed by atoms with Gasteiger partial charge in [0.2, 0.25) is 0 Å². The average molecular weight is 976 g/mol. The molecule has 0 amide bonds. The number of hydrogen-bond acceptors (Lipinski definition) is 6. The molecule has 0 radical (unpaired) electrons. The second-order valence-electron chi connectivity index (χ2n) is 22.6. The lowest BCUT2D eigenvalue weighted by Crippen LogP contribution is -2.30. The molecule has 0 saturated heterocycles. The van der Waals surface area contributed by atoms with E-state index in [-0.39, 0.29) is 31.1 Å². The Bertz CT molecular complexity index is 1060. The van der Waals surface area contributed by atoms with E-state index in [1.807, 2.05) is 0 Å². The van der Waals surface area contributed by atoms with Gasteiger partial charge in [-0.1, -0.05) is 317 Å². The minimum atomic E-state index is -0.763. The Morgan fingerprint density at radius 3 is 0.710 bits per heavy atom. The van der Waals surface area contributed by atoms with Gasteiger partial charge in [0.05, 0.1) is 0 Å². The molecule has 0 N–H and O–H groups in total. The van der Waals surface area contributed by atoms with Crippen LogP contribution in [-0.2, 0) is 28.6 Å². The fourth-order valence-corrected chi connectivity index (χ4v) is 9.76. The summed E-state index contributed by atoms with van der Waals surface area (Å²) >= 11 is 0. The summed E-state index contributed by atoms with van der Waals surface area (Å²) in [6.45, 7) is 11.5. The number of rotatable bonds is 57. The lowest BCUT2D eigenvalue weighted by molar-refractivity contribution is -0.167. The Morgan fingerprint density at radius 2 is 0.478 bits per heavy atom. The van der Waals surface area contributed by atoms with E-state index in [9.17, 15) is 14.4 Å². The molecule has 0 fully saturated rings. The first-order valence-corrected chi connectivity index (χ1v) is 31.2. The highest BCUT2D eigenvalue weighted by molar-refractivity contribution is 5.71. The molecule has 1 atom stereocenters. The zero-order valence-electron chi connectivity index (χ0n) is 47.5. The van der Waals surface area contributed by atoms with Crippen molar-refractivity contribution in [2.45, 2.75) is 362 Å². The van der Waals surface area contributed by atoms with Gasteiger partial charge in [-0.2, -0.15) is 0 Å². The second-order valence-corrected chi connectivity index (χ2v) is 22.6. The minimum Gasteiger partial charge on any atom is -0.462 e. The number of ether oxygens (including phenoxy) is 3. The van der Waals surface area contributed by atoms with E-state index >= 15 is 0 Å². The molecule has 0 saturated carbocycles. The first-order valence-electron chi connectivity index (χ1n) is 31.2. The van der Waals surface area contributed by atoms with Gasteiger partial charge >= 0.3 is 17.9 Å². The third-order valence-electron chi connectivity index (χ3n) is 14.5. The van der Waals surface area contributed by atoms with Crippen LogP contribution in [0.4, 0.5) is 0 Å². The zero-order valence-corrected chi connectivity index (χ0v) is 47.5. The number of esters is 3. The van der Waals surface area contributed by atoms with Gasteiger partial charge in [-0.3, -0.25) is 14.4 Å². The van der Waals surface area contributed by atoms with Gasteiger partial charge in [0, 0.05) is 19.3 Å². The fraction of sp³-hybridized carbons (Fsp3) is 0.952. The monoisotopic (exact) mass is 975 g/mol. The molecule has 0 aromatic carbocycles. The summed E-state index contributed by atoms with van der Waals surface area (Å²) in [5, 5.41) is 0. The molecule has 410 valence electrons. The van der Waals surface area contributed by atoms with E-state index in [4.69, 9.17) is 14.2 Å². The van der Waals surface area contributed by atoms with Gasteiger partial charge in [-0.15, -0.1) is 0 Å². The predicted octanol–water partition coefficient (Wildman–Crippen LogP) is 20.8. The Balaban J connectivity index is 4.28. The van der Waals surface area contributed by atoms with Crippen LogP contribution in [-0.4, -0.2) is 37.2 Å². The largest absolute Gasteiger partial charge is 0.462 e. The van der Waals surface area contributed by atoms with Gasteiger partial charge in [0.15, 0.2) is 6.10 Å². The Hall–Kier alpha value is -1.59. The van der Waals surface area contributed by atoms with Crippen LogP contribution in [0.25, 0.3) is 0 Å². The molecule has 69 heavy (non-hydrogen) atoms. The maximum Gasteiger partial charge on any atom is 0.306 e. The number of carbonyl (C=O) groups excluding carboxylic acids is 3. The number of carbonyl (C=O) groups is 3. The molecule has 0 aliphatic carbocycles. The van der Waals surface area contributed by atoms with Gasteiger partial charge < -0.3 is 14.2 Å². The highest BCUT2D eigenvalue weighted by Crippen LogP contribution is 2.19. The molecule has 0 unspecified atom stereocenters. The molecule has 0 aliphatic heterocycles. The van der Waals surface area contributed by atoms with Crippen molar-refractivity contribution >= 4 is 17.9 Å². The molecule has 0 aliphatic rings. The smallest absolute Gasteiger partial charge is 0.306 e. The molecular weight excluding hydrogens is 853 g/mol. The lowest BCUT2D eigenvalue weighted by atomic mass is 10.0. The summed E-state index contributed by atoms with van der Waals surface area (Å²) in [4.78, 5) is 38.3. The van der Waals surface area contributed by atoms with Crippen LogP contribution in [0.3, 0.4) is 0 Å². The van der Waals surface area contributed by atoms with Gasteiger partial charge in [0.1, 0.15) is 13.2 Å². The zero-order chi connectivity index (χ0) is 50.4. The molecule has 6 nitrogen and oxygen atoms in total. The highest BCUT2D eigenvalue weighted by Gasteiger charge is 2.19. The van der Waals surface area contributed by atoms with E-state index in [0.717, 1.165) is 69.6 Å². The standard InChI is InChI=1S/C63H122O6/c1-6-7-8-9-10-11-12-13-23-28-33-38-43-48-53-61(64)67-56-60(57-68-62(65)54-49-44-39-34-29-24-20-16-18-22-27-32-37-42-47-52-59(4)5)69-63(66)55-50-45-40-35-30-25-19-15-14-17-21-26-31-36-41-46-51-58(2)3/h58-60H,6-57H2,1-5H3/t60-/m1/s1. The fourth-order valence-electron chi connectivity index (χ4n) is 9.76. The maximum atomic E-state index is 12.9. The summed E-state index contributed by atoms with van der Waals surface area (Å²) in [5.74, 6) is 0.869. The second kappa shape index (κ2) is 55.7. The number of unbranched alkanes of at least 4 members (excludes halogenated alkanes) is 42. The average Bonchev–Trinajstić information content (AvgIpc) is 3.32. The van der Waals surface area contributed by atoms with E-state index in [2.05, 4.69) is 34.6 Å². The summed E-state index contributed by atoms with van der Waals surface area (Å²) in [6, 6.07) is 0. The molecule has 0 bridgehead atoms. The SMILES string of the molecule is CCCCCCCCCCCCCCCCC(=O)OC[C@H](COC(=O)CCCCCCCCCCCCCCCCCC(C)C)OC(=O)CCCCCCCCCCCCCCCCCCC(C)C. The van der Waals surface area contributed by atoms with Crippen LogP contribution in [0.15, 0.2) is 0 Å². The summed E-state index contributed by atoms with van der Waals surface area (Å²) in [5.41, 5.74) is 0. The molecule has 0 aromatic rings. The topological polar surface area (TPSA) is 78.9 Å². The van der Waals surface area contributed by atoms with Crippen LogP contribution in [0, 0.1) is 11.8 Å². The van der Waals surface area contributed by atoms with Gasteiger partial charge in [-0.05, 0) is 31.1 Å². The van der Waals surface area contributed by atoms with E-state index in [1.54, 1.807) is 0 Å². The van der Waals surface area contributed by atoms with E-state index in [1.165, 1.54) is 244 Å². The summed E-state index contributed by atoms with van der Waals surface area (Å²) in [7, 11) is 0. The van der Waals surface area contributed by atoms with Crippen molar-refractivity contribution in [1.82, 2.24) is 0 Å². The lowest BCUT2D eigenvalue weighted by Gasteiger charge is -2.18. The first-order chi connectivity index (χ1) is 33.7. The van der Waals surface area contributed by atoms with Crippen LogP contribution >= 0.6 is 0 Å². The van der Waals surface area contributed by atoms with Crippen molar-refractivity contribution in [2.24, 2.45) is 11.8 Å². The molecule has 0 heterocycles. The molecule has 0 spiro atoms. The van der Waals surface area contributed by atoms with E-state index in [0.29, 0.717) is 19.3 Å². The van der Waals surface area contributed by atoms with E-state index < -0.39 is 6.10 Å². The molecule has 0 rings (SSSR count). The molecule has 0 aromatic heterocycles. The van der Waals surface area contributed by atoms with Crippen molar-refractivity contribution in [3.05, 3.63) is 0 Å². The predicted molar refractivity (Wildman–Crippen MR) is 298 cm³/mol. The third kappa shape index (κ3) is 57.2. The third-order valence-corrected chi connectivity index (χ3v) is 14.5.